The van der Waals surface area contributed by atoms with E-state index in [1.165, 1.54) is 12.1 Å². The molecular formula is C14H19F2NOS. The summed E-state index contributed by atoms with van der Waals surface area (Å²) in [6.07, 6.45) is 3.81. The van der Waals surface area contributed by atoms with Crippen molar-refractivity contribution in [2.75, 3.05) is 6.54 Å². The first kappa shape index (κ1) is 14.6. The molecule has 1 aromatic carbocycles. The molecule has 2 nitrogen and oxygen atoms in total. The molecule has 5 heteroatoms. The van der Waals surface area contributed by atoms with Crippen LogP contribution in [0.3, 0.4) is 0 Å². The molecule has 1 aliphatic carbocycles. The molecule has 0 saturated heterocycles. The first-order valence-corrected chi connectivity index (χ1v) is 7.93. The molecule has 1 fully saturated rings. The minimum absolute atomic E-state index is 0.0773. The van der Waals surface area contributed by atoms with Gasteiger partial charge in [0.1, 0.15) is 11.6 Å². The van der Waals surface area contributed by atoms with Crippen molar-refractivity contribution in [1.82, 2.24) is 5.32 Å². The summed E-state index contributed by atoms with van der Waals surface area (Å²) in [5, 5.41) is 3.30. The summed E-state index contributed by atoms with van der Waals surface area (Å²) in [6.45, 7) is 2.96. The molecule has 1 aromatic rings. The van der Waals surface area contributed by atoms with Gasteiger partial charge in [-0.1, -0.05) is 13.3 Å². The van der Waals surface area contributed by atoms with Crippen LogP contribution in [-0.2, 0) is 10.8 Å². The van der Waals surface area contributed by atoms with E-state index in [1.54, 1.807) is 0 Å². The molecule has 0 amide bonds. The standard InChI is InChI=1S/C14H19F2NOS/c1-2-8-17-12-4-3-5-14(12)19(18)13-7-6-10(15)9-11(13)16/h6-7,9,12,14,17H,2-5,8H2,1H3. The van der Waals surface area contributed by atoms with Gasteiger partial charge < -0.3 is 5.32 Å². The van der Waals surface area contributed by atoms with Crippen LogP contribution in [-0.4, -0.2) is 22.0 Å². The van der Waals surface area contributed by atoms with E-state index in [0.717, 1.165) is 38.3 Å². The smallest absolute Gasteiger partial charge is 0.142 e. The Kier molecular flexibility index (Phi) is 5.05. The van der Waals surface area contributed by atoms with Crippen molar-refractivity contribution in [3.8, 4) is 0 Å². The molecule has 0 heterocycles. The molecule has 0 spiro atoms. The molecule has 0 aromatic heterocycles. The maximum atomic E-state index is 13.7. The Balaban J connectivity index is 2.13. The number of rotatable bonds is 5. The molecule has 3 unspecified atom stereocenters. The Morgan fingerprint density at radius 2 is 2.16 bits per heavy atom. The number of nitrogens with one attached hydrogen (secondary N) is 1. The third-order valence-corrected chi connectivity index (χ3v) is 5.37. The number of hydrogen-bond donors (Lipinski definition) is 1. The highest BCUT2D eigenvalue weighted by atomic mass is 32.2. The van der Waals surface area contributed by atoms with E-state index >= 15 is 0 Å². The van der Waals surface area contributed by atoms with Crippen LogP contribution in [0.25, 0.3) is 0 Å². The van der Waals surface area contributed by atoms with Gasteiger partial charge in [0.15, 0.2) is 0 Å². The van der Waals surface area contributed by atoms with Gasteiger partial charge in [-0.3, -0.25) is 4.21 Å². The van der Waals surface area contributed by atoms with Gasteiger partial charge in [-0.15, -0.1) is 0 Å². The van der Waals surface area contributed by atoms with Crippen LogP contribution < -0.4 is 5.32 Å². The van der Waals surface area contributed by atoms with Crippen molar-refractivity contribution >= 4 is 10.8 Å². The third-order valence-electron chi connectivity index (χ3n) is 3.49. The van der Waals surface area contributed by atoms with E-state index in [1.807, 2.05) is 0 Å². The highest BCUT2D eigenvalue weighted by molar-refractivity contribution is 7.85. The van der Waals surface area contributed by atoms with E-state index in [2.05, 4.69) is 12.2 Å². The van der Waals surface area contributed by atoms with Crippen molar-refractivity contribution in [3.05, 3.63) is 29.8 Å². The average Bonchev–Trinajstić information content (AvgIpc) is 2.83. The fourth-order valence-electron chi connectivity index (χ4n) is 2.55. The minimum atomic E-state index is -1.42. The monoisotopic (exact) mass is 287 g/mol. The number of benzene rings is 1. The van der Waals surface area contributed by atoms with E-state index in [9.17, 15) is 13.0 Å². The Labute approximate surface area is 115 Å². The molecule has 106 valence electrons. The van der Waals surface area contributed by atoms with Crippen molar-refractivity contribution in [3.63, 3.8) is 0 Å². The zero-order valence-electron chi connectivity index (χ0n) is 11.0. The Bertz CT molecular complexity index is 467. The molecule has 19 heavy (non-hydrogen) atoms. The van der Waals surface area contributed by atoms with Crippen LogP contribution in [0.2, 0.25) is 0 Å². The summed E-state index contributed by atoms with van der Waals surface area (Å²) in [4.78, 5) is 0.122. The summed E-state index contributed by atoms with van der Waals surface area (Å²) in [5.74, 6) is -1.34. The van der Waals surface area contributed by atoms with Gasteiger partial charge in [0.2, 0.25) is 0 Å². The quantitative estimate of drug-likeness (QED) is 0.902. The predicted molar refractivity (Wildman–Crippen MR) is 72.5 cm³/mol. The number of halogens is 2. The lowest BCUT2D eigenvalue weighted by Gasteiger charge is -2.20. The second kappa shape index (κ2) is 6.57. The lowest BCUT2D eigenvalue weighted by atomic mass is 10.2. The molecule has 0 radical (unpaired) electrons. The zero-order valence-corrected chi connectivity index (χ0v) is 11.8. The molecule has 3 atom stereocenters. The molecule has 1 aliphatic rings. The van der Waals surface area contributed by atoms with Crippen LogP contribution in [0.1, 0.15) is 32.6 Å². The van der Waals surface area contributed by atoms with Crippen molar-refractivity contribution in [1.29, 1.82) is 0 Å². The van der Waals surface area contributed by atoms with Crippen LogP contribution in [0.4, 0.5) is 8.78 Å². The normalized spacial score (nSPS) is 24.6. The largest absolute Gasteiger partial charge is 0.313 e. The van der Waals surface area contributed by atoms with Crippen molar-refractivity contribution < 1.29 is 13.0 Å². The van der Waals surface area contributed by atoms with E-state index in [-0.39, 0.29) is 16.2 Å². The van der Waals surface area contributed by atoms with Crippen molar-refractivity contribution in [2.45, 2.75) is 48.8 Å². The number of hydrogen-bond acceptors (Lipinski definition) is 2. The van der Waals surface area contributed by atoms with E-state index < -0.39 is 22.4 Å². The Morgan fingerprint density at radius 3 is 2.84 bits per heavy atom. The maximum Gasteiger partial charge on any atom is 0.142 e. The highest BCUT2D eigenvalue weighted by Crippen LogP contribution is 2.28. The molecule has 0 bridgehead atoms. The fourth-order valence-corrected chi connectivity index (χ4v) is 4.24. The first-order chi connectivity index (χ1) is 9.13. The molecule has 2 rings (SSSR count). The van der Waals surface area contributed by atoms with Crippen LogP contribution in [0.5, 0.6) is 0 Å². The second-order valence-electron chi connectivity index (χ2n) is 4.90. The first-order valence-electron chi connectivity index (χ1n) is 6.72. The molecule has 1 saturated carbocycles. The van der Waals surface area contributed by atoms with Gasteiger partial charge in [-0.05, 0) is 37.9 Å². The van der Waals surface area contributed by atoms with Gasteiger partial charge >= 0.3 is 0 Å². The summed E-state index contributed by atoms with van der Waals surface area (Å²) in [6, 6.07) is 3.44. The summed E-state index contributed by atoms with van der Waals surface area (Å²) < 4.78 is 39.0. The van der Waals surface area contributed by atoms with Crippen LogP contribution >= 0.6 is 0 Å². The zero-order chi connectivity index (χ0) is 13.8. The predicted octanol–water partition coefficient (Wildman–Crippen LogP) is 2.99. The van der Waals surface area contributed by atoms with E-state index in [0.29, 0.717) is 0 Å². The second-order valence-corrected chi connectivity index (χ2v) is 6.54. The minimum Gasteiger partial charge on any atom is -0.313 e. The molecule has 0 aliphatic heterocycles. The molecule has 1 N–H and O–H groups in total. The van der Waals surface area contributed by atoms with Gasteiger partial charge in [-0.25, -0.2) is 8.78 Å². The van der Waals surface area contributed by atoms with Gasteiger partial charge in [0.05, 0.1) is 20.9 Å². The third kappa shape index (κ3) is 3.39. The van der Waals surface area contributed by atoms with Crippen LogP contribution in [0, 0.1) is 11.6 Å². The highest BCUT2D eigenvalue weighted by Gasteiger charge is 2.33. The summed E-state index contributed by atoms with van der Waals surface area (Å²) in [5.41, 5.74) is 0. The van der Waals surface area contributed by atoms with Crippen LogP contribution in [0.15, 0.2) is 23.1 Å². The van der Waals surface area contributed by atoms with Gasteiger partial charge in [0, 0.05) is 12.1 Å². The average molecular weight is 287 g/mol. The SMILES string of the molecule is CCCNC1CCCC1S(=O)c1ccc(F)cc1F. The molecular weight excluding hydrogens is 268 g/mol. The lowest BCUT2D eigenvalue weighted by molar-refractivity contribution is 0.519. The summed E-state index contributed by atoms with van der Waals surface area (Å²) in [7, 11) is -1.42. The van der Waals surface area contributed by atoms with Gasteiger partial charge in [-0.2, -0.15) is 0 Å². The van der Waals surface area contributed by atoms with Crippen molar-refractivity contribution in [2.24, 2.45) is 0 Å². The Morgan fingerprint density at radius 1 is 1.37 bits per heavy atom. The lowest BCUT2D eigenvalue weighted by Crippen LogP contribution is -2.38. The maximum absolute atomic E-state index is 13.7. The summed E-state index contributed by atoms with van der Waals surface area (Å²) >= 11 is 0. The van der Waals surface area contributed by atoms with Gasteiger partial charge in [0.25, 0.3) is 0 Å². The topological polar surface area (TPSA) is 29.1 Å². The van der Waals surface area contributed by atoms with E-state index in [4.69, 9.17) is 0 Å². The Hall–Kier alpha value is -0.810. The fraction of sp³-hybridized carbons (Fsp3) is 0.571.